The zero-order chi connectivity index (χ0) is 27.3. The molecule has 1 aliphatic rings. The summed E-state index contributed by atoms with van der Waals surface area (Å²) in [4.78, 5) is 13.9. The van der Waals surface area contributed by atoms with Crippen molar-refractivity contribution in [2.24, 2.45) is 5.10 Å². The van der Waals surface area contributed by atoms with Gasteiger partial charge >= 0.3 is 0 Å². The van der Waals surface area contributed by atoms with Crippen LogP contribution in [0.2, 0.25) is 0 Å². The molecule has 0 saturated carbocycles. The number of nitrogens with zero attached hydrogens (tertiary/aromatic N) is 4. The van der Waals surface area contributed by atoms with E-state index in [9.17, 15) is 4.79 Å². The Morgan fingerprint density at radius 3 is 2.12 bits per heavy atom. The minimum Gasteiger partial charge on any atom is -0.494 e. The van der Waals surface area contributed by atoms with Crippen molar-refractivity contribution in [3.63, 3.8) is 0 Å². The van der Waals surface area contributed by atoms with Crippen LogP contribution in [-0.4, -0.2) is 28.0 Å². The average Bonchev–Trinajstić information content (AvgIpc) is 3.59. The molecule has 6 nitrogen and oxygen atoms in total. The molecule has 1 aliphatic heterocycles. The molecule has 0 fully saturated rings. The van der Waals surface area contributed by atoms with Gasteiger partial charge in [0.25, 0.3) is 5.91 Å². The lowest BCUT2D eigenvalue weighted by molar-refractivity contribution is -0.114. The predicted octanol–water partition coefficient (Wildman–Crippen LogP) is 7.16. The van der Waals surface area contributed by atoms with E-state index in [1.807, 2.05) is 132 Å². The first-order chi connectivity index (χ1) is 19.7. The molecule has 40 heavy (non-hydrogen) atoms. The van der Waals surface area contributed by atoms with E-state index < -0.39 is 0 Å². The lowest BCUT2D eigenvalue weighted by atomic mass is 9.99. The van der Waals surface area contributed by atoms with Crippen LogP contribution >= 0.6 is 0 Å². The molecule has 0 N–H and O–H groups in total. The van der Waals surface area contributed by atoms with Crippen molar-refractivity contribution < 1.29 is 9.53 Å². The van der Waals surface area contributed by atoms with Gasteiger partial charge in [0.1, 0.15) is 17.2 Å². The van der Waals surface area contributed by atoms with Crippen LogP contribution in [-0.2, 0) is 4.79 Å². The third kappa shape index (κ3) is 5.07. The second kappa shape index (κ2) is 11.3. The molecule has 0 saturated heterocycles. The van der Waals surface area contributed by atoms with Gasteiger partial charge in [0, 0.05) is 22.9 Å². The van der Waals surface area contributed by atoms with Crippen LogP contribution in [0.3, 0.4) is 0 Å². The smallest absolute Gasteiger partial charge is 0.281 e. The van der Waals surface area contributed by atoms with Gasteiger partial charge < -0.3 is 4.74 Å². The van der Waals surface area contributed by atoms with E-state index in [0.29, 0.717) is 23.6 Å². The van der Waals surface area contributed by atoms with E-state index in [1.54, 1.807) is 0 Å². The van der Waals surface area contributed by atoms with Crippen LogP contribution < -0.4 is 9.75 Å². The molecular formula is C34H28N4O2. The number of amides is 1. The largest absolute Gasteiger partial charge is 0.494 e. The maximum Gasteiger partial charge on any atom is 0.281 e. The number of carbonyl (C=O) groups excluding carboxylic acids is 1. The number of para-hydroxylation sites is 2. The van der Waals surface area contributed by atoms with Crippen LogP contribution in [0.5, 0.6) is 5.75 Å². The van der Waals surface area contributed by atoms with E-state index in [0.717, 1.165) is 40.2 Å². The van der Waals surface area contributed by atoms with Gasteiger partial charge in [-0.3, -0.25) is 4.79 Å². The highest BCUT2D eigenvalue weighted by atomic mass is 16.5. The molecule has 5 aromatic rings. The van der Waals surface area contributed by atoms with E-state index in [2.05, 4.69) is 6.92 Å². The third-order valence-corrected chi connectivity index (χ3v) is 6.57. The van der Waals surface area contributed by atoms with Gasteiger partial charge in [-0.15, -0.1) is 0 Å². The second-order valence-electron chi connectivity index (χ2n) is 9.41. The van der Waals surface area contributed by atoms with E-state index in [-0.39, 0.29) is 5.91 Å². The molecule has 0 aliphatic carbocycles. The maximum absolute atomic E-state index is 13.9. The number of carbonyl (C=O) groups is 1. The van der Waals surface area contributed by atoms with Crippen LogP contribution in [0.1, 0.15) is 24.5 Å². The molecule has 0 unspecified atom stereocenters. The van der Waals surface area contributed by atoms with E-state index in [1.165, 1.54) is 5.01 Å². The number of aromatic nitrogens is 2. The van der Waals surface area contributed by atoms with Crippen LogP contribution in [0.4, 0.5) is 5.69 Å². The summed E-state index contributed by atoms with van der Waals surface area (Å²) in [6.07, 6.45) is 4.78. The van der Waals surface area contributed by atoms with Gasteiger partial charge in [0.15, 0.2) is 0 Å². The summed E-state index contributed by atoms with van der Waals surface area (Å²) in [6, 6.07) is 37.1. The molecular weight excluding hydrogens is 496 g/mol. The molecule has 1 aromatic heterocycles. The number of benzene rings is 4. The zero-order valence-electron chi connectivity index (χ0n) is 22.1. The molecule has 0 radical (unpaired) electrons. The first kappa shape index (κ1) is 25.1. The minimum atomic E-state index is -0.191. The molecule has 4 aromatic carbocycles. The summed E-state index contributed by atoms with van der Waals surface area (Å²) in [5, 5.41) is 11.2. The third-order valence-electron chi connectivity index (χ3n) is 6.57. The van der Waals surface area contributed by atoms with Gasteiger partial charge in [-0.25, -0.2) is 4.68 Å². The Morgan fingerprint density at radius 2 is 1.43 bits per heavy atom. The molecule has 2 heterocycles. The standard InChI is InChI=1S/C34H28N4O2/c1-2-21-40-30-20-12-15-26(22-30)32-27(24-37(35-32)28-16-8-4-9-17-28)23-31-33(25-13-6-3-7-14-25)36-38(34(31)39)29-18-10-5-11-19-29/h3-20,22-24H,2,21H2,1H3/b31-23-. The van der Waals surface area contributed by atoms with Gasteiger partial charge in [-0.1, -0.05) is 85.8 Å². The number of hydrazone groups is 1. The van der Waals surface area contributed by atoms with Crippen LogP contribution in [0, 0.1) is 0 Å². The van der Waals surface area contributed by atoms with Crippen molar-refractivity contribution in [2.75, 3.05) is 11.6 Å². The quantitative estimate of drug-likeness (QED) is 0.202. The number of hydrogen-bond donors (Lipinski definition) is 0. The fourth-order valence-electron chi connectivity index (χ4n) is 4.64. The van der Waals surface area contributed by atoms with Crippen LogP contribution in [0.25, 0.3) is 23.0 Å². The fraction of sp³-hybridized carbons (Fsp3) is 0.0882. The van der Waals surface area contributed by atoms with Crippen molar-refractivity contribution in [2.45, 2.75) is 13.3 Å². The molecule has 6 rings (SSSR count). The summed E-state index contributed by atoms with van der Waals surface area (Å²) in [7, 11) is 0. The Labute approximate surface area is 233 Å². The molecule has 0 bridgehead atoms. The Kier molecular flexibility index (Phi) is 7.05. The summed E-state index contributed by atoms with van der Waals surface area (Å²) in [6.45, 7) is 2.72. The molecule has 0 atom stereocenters. The summed E-state index contributed by atoms with van der Waals surface area (Å²) >= 11 is 0. The number of rotatable bonds is 8. The normalized spacial score (nSPS) is 14.0. The molecule has 1 amide bonds. The van der Waals surface area contributed by atoms with Crippen LogP contribution in [0.15, 0.2) is 132 Å². The van der Waals surface area contributed by atoms with Crippen molar-refractivity contribution >= 4 is 23.4 Å². The highest BCUT2D eigenvalue weighted by Gasteiger charge is 2.32. The summed E-state index contributed by atoms with van der Waals surface area (Å²) in [5.41, 5.74) is 6.08. The van der Waals surface area contributed by atoms with Gasteiger partial charge in [-0.2, -0.15) is 15.2 Å². The molecule has 0 spiro atoms. The maximum atomic E-state index is 13.9. The van der Waals surface area contributed by atoms with Gasteiger partial charge in [0.05, 0.1) is 23.6 Å². The van der Waals surface area contributed by atoms with Crippen molar-refractivity contribution in [3.05, 3.63) is 138 Å². The topological polar surface area (TPSA) is 59.7 Å². The first-order valence-electron chi connectivity index (χ1n) is 13.3. The number of anilines is 1. The first-order valence-corrected chi connectivity index (χ1v) is 13.3. The highest BCUT2D eigenvalue weighted by molar-refractivity contribution is 6.37. The number of ether oxygens (including phenoxy) is 1. The second-order valence-corrected chi connectivity index (χ2v) is 9.41. The van der Waals surface area contributed by atoms with E-state index >= 15 is 0 Å². The van der Waals surface area contributed by atoms with Crippen molar-refractivity contribution in [1.82, 2.24) is 9.78 Å². The van der Waals surface area contributed by atoms with E-state index in [4.69, 9.17) is 14.9 Å². The SMILES string of the molecule is CCCOc1cccc(-c2nn(-c3ccccc3)cc2/C=C2\C(=O)N(c3ccccc3)N=C2c2ccccc2)c1. The van der Waals surface area contributed by atoms with Crippen molar-refractivity contribution in [3.8, 4) is 22.7 Å². The Balaban J connectivity index is 1.50. The minimum absolute atomic E-state index is 0.191. The summed E-state index contributed by atoms with van der Waals surface area (Å²) in [5.74, 6) is 0.592. The average molecular weight is 525 g/mol. The predicted molar refractivity (Wildman–Crippen MR) is 160 cm³/mol. The Bertz CT molecular complexity index is 1690. The van der Waals surface area contributed by atoms with Gasteiger partial charge in [0.2, 0.25) is 0 Å². The number of hydrogen-bond acceptors (Lipinski definition) is 4. The summed E-state index contributed by atoms with van der Waals surface area (Å²) < 4.78 is 7.75. The fourth-order valence-corrected chi connectivity index (χ4v) is 4.64. The monoisotopic (exact) mass is 524 g/mol. The molecule has 6 heteroatoms. The Hall–Kier alpha value is -5.23. The molecule has 196 valence electrons. The van der Waals surface area contributed by atoms with Gasteiger partial charge in [-0.05, 0) is 48.9 Å². The Morgan fingerprint density at radius 1 is 0.775 bits per heavy atom. The zero-order valence-corrected chi connectivity index (χ0v) is 22.1. The highest BCUT2D eigenvalue weighted by Crippen LogP contribution is 2.32. The lowest BCUT2D eigenvalue weighted by Gasteiger charge is -2.11. The lowest BCUT2D eigenvalue weighted by Crippen LogP contribution is -2.21. The van der Waals surface area contributed by atoms with Crippen molar-refractivity contribution in [1.29, 1.82) is 0 Å².